The SMILES string of the molecule is Cc1ccc(C(=O)COC(=O)C2CCN(S(=O)(=O)c3c(C)c(C)cc(C)c3C)CC2)cc1. The van der Waals surface area contributed by atoms with Gasteiger partial charge in [0.2, 0.25) is 10.0 Å². The van der Waals surface area contributed by atoms with Crippen LogP contribution in [-0.2, 0) is 19.6 Å². The Kier molecular flexibility index (Phi) is 7.20. The van der Waals surface area contributed by atoms with Gasteiger partial charge in [0.1, 0.15) is 0 Å². The van der Waals surface area contributed by atoms with Gasteiger partial charge in [-0.1, -0.05) is 35.9 Å². The van der Waals surface area contributed by atoms with Gasteiger partial charge in [-0.05, 0) is 69.7 Å². The molecule has 3 rings (SSSR count). The smallest absolute Gasteiger partial charge is 0.309 e. The highest BCUT2D eigenvalue weighted by Crippen LogP contribution is 2.31. The lowest BCUT2D eigenvalue weighted by Crippen LogP contribution is -2.41. The van der Waals surface area contributed by atoms with E-state index in [9.17, 15) is 18.0 Å². The molecule has 0 saturated carbocycles. The van der Waals surface area contributed by atoms with Crippen LogP contribution in [0.5, 0.6) is 0 Å². The lowest BCUT2D eigenvalue weighted by Gasteiger charge is -2.31. The van der Waals surface area contributed by atoms with Crippen molar-refractivity contribution in [3.05, 3.63) is 63.7 Å². The first-order chi connectivity index (χ1) is 15.0. The molecular formula is C25H31NO5S. The van der Waals surface area contributed by atoms with Crippen LogP contribution in [-0.4, -0.2) is 44.2 Å². The van der Waals surface area contributed by atoms with Gasteiger partial charge in [0.25, 0.3) is 0 Å². The largest absolute Gasteiger partial charge is 0.457 e. The first-order valence-corrected chi connectivity index (χ1v) is 12.3. The van der Waals surface area contributed by atoms with Crippen LogP contribution in [0.25, 0.3) is 0 Å². The number of ketones is 1. The average molecular weight is 458 g/mol. The summed E-state index contributed by atoms with van der Waals surface area (Å²) in [5.74, 6) is -1.10. The second-order valence-electron chi connectivity index (χ2n) is 8.66. The van der Waals surface area contributed by atoms with E-state index in [-0.39, 0.29) is 25.5 Å². The van der Waals surface area contributed by atoms with Gasteiger partial charge in [0.05, 0.1) is 10.8 Å². The number of aryl methyl sites for hydroxylation is 3. The van der Waals surface area contributed by atoms with Gasteiger partial charge in [-0.15, -0.1) is 0 Å². The minimum absolute atomic E-state index is 0.250. The summed E-state index contributed by atoms with van der Waals surface area (Å²) >= 11 is 0. The minimum atomic E-state index is -3.66. The molecule has 1 heterocycles. The summed E-state index contributed by atoms with van der Waals surface area (Å²) in [7, 11) is -3.66. The van der Waals surface area contributed by atoms with Crippen molar-refractivity contribution in [3.63, 3.8) is 0 Å². The normalized spacial score (nSPS) is 15.5. The molecule has 1 aliphatic heterocycles. The van der Waals surface area contributed by atoms with Gasteiger partial charge in [-0.3, -0.25) is 9.59 Å². The number of piperidine rings is 1. The predicted molar refractivity (Wildman–Crippen MR) is 123 cm³/mol. The summed E-state index contributed by atoms with van der Waals surface area (Å²) in [6.07, 6.45) is 0.749. The van der Waals surface area contributed by atoms with Crippen LogP contribution in [0.1, 0.15) is 51.0 Å². The van der Waals surface area contributed by atoms with Gasteiger partial charge < -0.3 is 4.74 Å². The lowest BCUT2D eigenvalue weighted by atomic mass is 9.98. The fourth-order valence-corrected chi connectivity index (χ4v) is 6.15. The van der Waals surface area contributed by atoms with Gasteiger partial charge >= 0.3 is 5.97 Å². The number of carbonyl (C=O) groups excluding carboxylic acids is 2. The van der Waals surface area contributed by atoms with E-state index >= 15 is 0 Å². The molecule has 172 valence electrons. The summed E-state index contributed by atoms with van der Waals surface area (Å²) in [5, 5.41) is 0. The highest BCUT2D eigenvalue weighted by atomic mass is 32.2. The number of sulfonamides is 1. The van der Waals surface area contributed by atoms with Crippen LogP contribution in [0.15, 0.2) is 35.2 Å². The molecule has 0 amide bonds. The standard InChI is InChI=1S/C25H31NO5S/c1-16-6-8-21(9-7-16)23(27)15-31-25(28)22-10-12-26(13-11-22)32(29,30)24-19(4)17(2)14-18(3)20(24)5/h6-9,14,22H,10-13,15H2,1-5H3. The lowest BCUT2D eigenvalue weighted by molar-refractivity contribution is -0.148. The maximum atomic E-state index is 13.4. The van der Waals surface area contributed by atoms with Crippen molar-refractivity contribution in [3.8, 4) is 0 Å². The van der Waals surface area contributed by atoms with Crippen LogP contribution < -0.4 is 0 Å². The number of Topliss-reactive ketones (excluding diaryl/α,β-unsaturated/α-hetero) is 1. The maximum Gasteiger partial charge on any atom is 0.309 e. The number of esters is 1. The first-order valence-electron chi connectivity index (χ1n) is 10.9. The van der Waals surface area contributed by atoms with E-state index in [0.29, 0.717) is 23.3 Å². The molecule has 0 aliphatic carbocycles. The van der Waals surface area contributed by atoms with E-state index in [1.165, 1.54) is 4.31 Å². The van der Waals surface area contributed by atoms with E-state index in [1.807, 2.05) is 52.8 Å². The van der Waals surface area contributed by atoms with Crippen LogP contribution in [0.2, 0.25) is 0 Å². The molecule has 2 aromatic rings. The molecule has 1 aliphatic rings. The number of hydrogen-bond donors (Lipinski definition) is 0. The van der Waals surface area contributed by atoms with Crippen LogP contribution >= 0.6 is 0 Å². The number of ether oxygens (including phenoxy) is 1. The molecule has 0 N–H and O–H groups in total. The molecule has 0 aromatic heterocycles. The third-order valence-corrected chi connectivity index (χ3v) is 8.57. The number of hydrogen-bond acceptors (Lipinski definition) is 5. The Bertz CT molecular complexity index is 1100. The predicted octanol–water partition coefficient (Wildman–Crippen LogP) is 4.06. The molecule has 0 radical (unpaired) electrons. The number of rotatable bonds is 6. The van der Waals surface area contributed by atoms with Crippen molar-refractivity contribution in [2.24, 2.45) is 5.92 Å². The molecule has 0 spiro atoms. The van der Waals surface area contributed by atoms with Crippen molar-refractivity contribution in [1.82, 2.24) is 4.31 Å². The van der Waals surface area contributed by atoms with Crippen molar-refractivity contribution < 1.29 is 22.7 Å². The van der Waals surface area contributed by atoms with E-state index < -0.39 is 21.9 Å². The van der Waals surface area contributed by atoms with E-state index in [1.54, 1.807) is 12.1 Å². The highest BCUT2D eigenvalue weighted by Gasteiger charge is 2.35. The Hall–Kier alpha value is -2.51. The van der Waals surface area contributed by atoms with Crippen molar-refractivity contribution in [2.75, 3.05) is 19.7 Å². The van der Waals surface area contributed by atoms with Gasteiger partial charge in [0.15, 0.2) is 12.4 Å². The molecule has 0 unspecified atom stereocenters. The minimum Gasteiger partial charge on any atom is -0.457 e. The Morgan fingerprint density at radius 1 is 0.938 bits per heavy atom. The van der Waals surface area contributed by atoms with Crippen LogP contribution in [0.3, 0.4) is 0 Å². The third-order valence-electron chi connectivity index (χ3n) is 6.40. The molecule has 6 nitrogen and oxygen atoms in total. The fraction of sp³-hybridized carbons (Fsp3) is 0.440. The molecular weight excluding hydrogens is 426 g/mol. The van der Waals surface area contributed by atoms with Gasteiger partial charge in [-0.2, -0.15) is 4.31 Å². The summed E-state index contributed by atoms with van der Waals surface area (Å²) in [6.45, 7) is 9.64. The Morgan fingerprint density at radius 2 is 1.47 bits per heavy atom. The topological polar surface area (TPSA) is 80.8 Å². The average Bonchev–Trinajstić information content (AvgIpc) is 2.76. The van der Waals surface area contributed by atoms with Gasteiger partial charge in [-0.25, -0.2) is 8.42 Å². The number of carbonyl (C=O) groups is 2. The second-order valence-corrected chi connectivity index (χ2v) is 10.5. The van der Waals surface area contributed by atoms with Gasteiger partial charge in [0, 0.05) is 18.7 Å². The summed E-state index contributed by atoms with van der Waals surface area (Å²) in [5.41, 5.74) is 4.98. The summed E-state index contributed by atoms with van der Waals surface area (Å²) in [4.78, 5) is 25.1. The van der Waals surface area contributed by atoms with Crippen LogP contribution in [0, 0.1) is 40.5 Å². The zero-order valence-electron chi connectivity index (χ0n) is 19.4. The zero-order valence-corrected chi connectivity index (χ0v) is 20.2. The summed E-state index contributed by atoms with van der Waals surface area (Å²) in [6, 6.07) is 9.11. The monoisotopic (exact) mass is 457 g/mol. The number of nitrogens with zero attached hydrogens (tertiary/aromatic N) is 1. The second kappa shape index (κ2) is 9.55. The van der Waals surface area contributed by atoms with E-state index in [2.05, 4.69) is 0 Å². The van der Waals surface area contributed by atoms with E-state index in [0.717, 1.165) is 27.8 Å². The fourth-order valence-electron chi connectivity index (χ4n) is 4.11. The van der Waals surface area contributed by atoms with Crippen molar-refractivity contribution in [2.45, 2.75) is 52.4 Å². The Morgan fingerprint density at radius 3 is 2.00 bits per heavy atom. The Balaban J connectivity index is 1.62. The zero-order chi connectivity index (χ0) is 23.6. The molecule has 1 fully saturated rings. The van der Waals surface area contributed by atoms with Crippen LogP contribution in [0.4, 0.5) is 0 Å². The molecule has 0 bridgehead atoms. The van der Waals surface area contributed by atoms with Crippen molar-refractivity contribution in [1.29, 1.82) is 0 Å². The number of benzene rings is 2. The molecule has 1 saturated heterocycles. The molecule has 7 heteroatoms. The highest BCUT2D eigenvalue weighted by molar-refractivity contribution is 7.89. The molecule has 2 aromatic carbocycles. The maximum absolute atomic E-state index is 13.4. The molecule has 0 atom stereocenters. The first kappa shape index (κ1) is 24.1. The Labute approximate surface area is 190 Å². The van der Waals surface area contributed by atoms with E-state index in [4.69, 9.17) is 4.74 Å². The van der Waals surface area contributed by atoms with Crippen molar-refractivity contribution >= 4 is 21.8 Å². The molecule has 32 heavy (non-hydrogen) atoms. The third kappa shape index (κ3) is 4.94. The summed E-state index contributed by atoms with van der Waals surface area (Å²) < 4.78 is 33.4. The quantitative estimate of drug-likeness (QED) is 0.483.